The minimum absolute atomic E-state index is 0.0157. The molecule has 0 unspecified atom stereocenters. The quantitative estimate of drug-likeness (QED) is 0.662. The Bertz CT molecular complexity index is 659. The van der Waals surface area contributed by atoms with E-state index >= 15 is 0 Å². The average molecular weight is 328 g/mol. The minimum Gasteiger partial charge on any atom is -0.494 e. The molecule has 0 bridgehead atoms. The van der Waals surface area contributed by atoms with E-state index in [1.165, 1.54) is 0 Å². The molecule has 5 heteroatoms. The lowest BCUT2D eigenvalue weighted by Crippen LogP contribution is -2.29. The summed E-state index contributed by atoms with van der Waals surface area (Å²) in [6.45, 7) is 3.37. The van der Waals surface area contributed by atoms with Gasteiger partial charge in [0.25, 0.3) is 0 Å². The zero-order chi connectivity index (χ0) is 17.2. The van der Waals surface area contributed by atoms with Crippen molar-refractivity contribution in [1.29, 1.82) is 0 Å². The zero-order valence-electron chi connectivity index (χ0n) is 13.9. The summed E-state index contributed by atoms with van der Waals surface area (Å²) >= 11 is 0. The number of carbonyl (C=O) groups is 1. The first kappa shape index (κ1) is 17.8. The number of nitrogens with one attached hydrogen (secondary N) is 2. The highest BCUT2D eigenvalue weighted by molar-refractivity contribution is 5.80. The molecule has 24 heavy (non-hydrogen) atoms. The maximum Gasteiger partial charge on any atom is 0.239 e. The van der Waals surface area contributed by atoms with Crippen molar-refractivity contribution in [2.75, 3.05) is 18.5 Å². The monoisotopic (exact) mass is 328 g/mol. The van der Waals surface area contributed by atoms with E-state index in [-0.39, 0.29) is 19.1 Å². The molecular formula is C19H24N2O3. The third-order valence-corrected chi connectivity index (χ3v) is 3.42. The number of carbonyl (C=O) groups excluding carboxylic acids is 1. The summed E-state index contributed by atoms with van der Waals surface area (Å²) in [6.07, 6.45) is 0.962. The van der Waals surface area contributed by atoms with Gasteiger partial charge < -0.3 is 20.5 Å². The van der Waals surface area contributed by atoms with Crippen LogP contribution in [0.25, 0.3) is 0 Å². The van der Waals surface area contributed by atoms with Crippen LogP contribution in [0, 0.1) is 0 Å². The zero-order valence-corrected chi connectivity index (χ0v) is 13.9. The first-order valence-electron chi connectivity index (χ1n) is 8.13. The molecule has 0 aliphatic heterocycles. The van der Waals surface area contributed by atoms with Crippen LogP contribution in [0.15, 0.2) is 48.5 Å². The number of rotatable bonds is 9. The number of benzene rings is 2. The maximum absolute atomic E-state index is 11.9. The van der Waals surface area contributed by atoms with Gasteiger partial charge in [-0.25, -0.2) is 0 Å². The van der Waals surface area contributed by atoms with Crippen LogP contribution in [-0.4, -0.2) is 24.2 Å². The number of hydrogen-bond acceptors (Lipinski definition) is 4. The van der Waals surface area contributed by atoms with Gasteiger partial charge in [0.15, 0.2) is 0 Å². The van der Waals surface area contributed by atoms with Crippen molar-refractivity contribution < 1.29 is 14.6 Å². The first-order chi connectivity index (χ1) is 11.7. The van der Waals surface area contributed by atoms with Crippen molar-refractivity contribution in [3.8, 4) is 5.75 Å². The van der Waals surface area contributed by atoms with Gasteiger partial charge in [-0.05, 0) is 41.8 Å². The third-order valence-electron chi connectivity index (χ3n) is 3.42. The summed E-state index contributed by atoms with van der Waals surface area (Å²) in [4.78, 5) is 11.9. The topological polar surface area (TPSA) is 70.6 Å². The highest BCUT2D eigenvalue weighted by Gasteiger charge is 2.03. The average Bonchev–Trinajstić information content (AvgIpc) is 2.63. The number of amides is 1. The van der Waals surface area contributed by atoms with Crippen molar-refractivity contribution in [3.05, 3.63) is 59.7 Å². The Hall–Kier alpha value is -2.53. The van der Waals surface area contributed by atoms with E-state index in [0.717, 1.165) is 29.0 Å². The molecule has 0 fully saturated rings. The van der Waals surface area contributed by atoms with Crippen LogP contribution >= 0.6 is 0 Å². The summed E-state index contributed by atoms with van der Waals surface area (Å²) in [7, 11) is 0. The van der Waals surface area contributed by atoms with Gasteiger partial charge in [-0.2, -0.15) is 0 Å². The Morgan fingerprint density at radius 2 is 1.92 bits per heavy atom. The Labute approximate surface area is 142 Å². The molecule has 0 aromatic heterocycles. The first-order valence-corrected chi connectivity index (χ1v) is 8.13. The highest BCUT2D eigenvalue weighted by Crippen LogP contribution is 2.13. The van der Waals surface area contributed by atoms with E-state index in [2.05, 4.69) is 17.6 Å². The molecule has 5 nitrogen and oxygen atoms in total. The number of aliphatic hydroxyl groups excluding tert-OH is 1. The van der Waals surface area contributed by atoms with Crippen molar-refractivity contribution in [2.45, 2.75) is 26.5 Å². The van der Waals surface area contributed by atoms with Gasteiger partial charge in [-0.15, -0.1) is 0 Å². The van der Waals surface area contributed by atoms with Gasteiger partial charge in [-0.1, -0.05) is 31.2 Å². The fourth-order valence-electron chi connectivity index (χ4n) is 2.19. The van der Waals surface area contributed by atoms with Crippen molar-refractivity contribution in [2.24, 2.45) is 0 Å². The second kappa shape index (κ2) is 9.57. The van der Waals surface area contributed by atoms with Crippen LogP contribution in [0.3, 0.4) is 0 Å². The lowest BCUT2D eigenvalue weighted by molar-refractivity contribution is -0.119. The summed E-state index contributed by atoms with van der Waals surface area (Å²) in [5.74, 6) is 0.729. The summed E-state index contributed by atoms with van der Waals surface area (Å²) in [5, 5.41) is 15.0. The molecule has 0 heterocycles. The Morgan fingerprint density at radius 1 is 1.12 bits per heavy atom. The minimum atomic E-state index is -0.0933. The van der Waals surface area contributed by atoms with E-state index in [0.29, 0.717) is 13.2 Å². The summed E-state index contributed by atoms with van der Waals surface area (Å²) in [5.41, 5.74) is 2.62. The van der Waals surface area contributed by atoms with Crippen molar-refractivity contribution >= 4 is 11.6 Å². The molecule has 1 amide bonds. The standard InChI is InChI=1S/C19H24N2O3/c1-2-9-24-18-8-4-5-15(11-18)12-21-19(23)13-20-17-7-3-6-16(10-17)14-22/h3-8,10-11,20,22H,2,9,12-14H2,1H3,(H,21,23). The number of ether oxygens (including phenoxy) is 1. The molecule has 0 saturated carbocycles. The van der Waals surface area contributed by atoms with Crippen LogP contribution in [0.2, 0.25) is 0 Å². The molecule has 2 aromatic rings. The molecular weight excluding hydrogens is 304 g/mol. The van der Waals surface area contributed by atoms with Crippen LogP contribution in [0.1, 0.15) is 24.5 Å². The van der Waals surface area contributed by atoms with Crippen LogP contribution in [-0.2, 0) is 17.9 Å². The van der Waals surface area contributed by atoms with Crippen molar-refractivity contribution in [3.63, 3.8) is 0 Å². The SMILES string of the molecule is CCCOc1cccc(CNC(=O)CNc2cccc(CO)c2)c1. The number of anilines is 1. The lowest BCUT2D eigenvalue weighted by Gasteiger charge is -2.10. The van der Waals surface area contributed by atoms with Gasteiger partial charge in [-0.3, -0.25) is 4.79 Å². The molecule has 0 radical (unpaired) electrons. The Kier molecular flexibility index (Phi) is 7.11. The second-order valence-corrected chi connectivity index (χ2v) is 5.48. The van der Waals surface area contributed by atoms with Gasteiger partial charge in [0, 0.05) is 12.2 Å². The fraction of sp³-hybridized carbons (Fsp3) is 0.316. The predicted molar refractivity (Wildman–Crippen MR) is 94.9 cm³/mol. The van der Waals surface area contributed by atoms with E-state index in [4.69, 9.17) is 9.84 Å². The van der Waals surface area contributed by atoms with Crippen LogP contribution < -0.4 is 15.4 Å². The smallest absolute Gasteiger partial charge is 0.239 e. The normalized spacial score (nSPS) is 10.2. The van der Waals surface area contributed by atoms with E-state index in [9.17, 15) is 4.79 Å². The molecule has 0 aliphatic carbocycles. The van der Waals surface area contributed by atoms with Crippen LogP contribution in [0.4, 0.5) is 5.69 Å². The van der Waals surface area contributed by atoms with Gasteiger partial charge in [0.2, 0.25) is 5.91 Å². The molecule has 128 valence electrons. The van der Waals surface area contributed by atoms with Crippen LogP contribution in [0.5, 0.6) is 5.75 Å². The van der Waals surface area contributed by atoms with Gasteiger partial charge in [0.05, 0.1) is 19.8 Å². The summed E-state index contributed by atoms with van der Waals surface area (Å²) < 4.78 is 5.58. The van der Waals surface area contributed by atoms with Crippen molar-refractivity contribution in [1.82, 2.24) is 5.32 Å². The maximum atomic E-state index is 11.9. The largest absolute Gasteiger partial charge is 0.494 e. The second-order valence-electron chi connectivity index (χ2n) is 5.48. The molecule has 2 aromatic carbocycles. The lowest BCUT2D eigenvalue weighted by atomic mass is 10.2. The predicted octanol–water partition coefficient (Wildman–Crippen LogP) is 2.70. The van der Waals surface area contributed by atoms with E-state index in [1.807, 2.05) is 48.5 Å². The number of hydrogen-bond donors (Lipinski definition) is 3. The molecule has 0 atom stereocenters. The van der Waals surface area contributed by atoms with Gasteiger partial charge in [0.1, 0.15) is 5.75 Å². The molecule has 0 aliphatic rings. The third kappa shape index (κ3) is 5.93. The Balaban J connectivity index is 1.78. The Morgan fingerprint density at radius 3 is 2.71 bits per heavy atom. The number of aliphatic hydroxyl groups is 1. The molecule has 2 rings (SSSR count). The molecule has 0 spiro atoms. The summed E-state index contributed by atoms with van der Waals surface area (Å²) in [6, 6.07) is 15.1. The fourth-order valence-corrected chi connectivity index (χ4v) is 2.19. The van der Waals surface area contributed by atoms with E-state index < -0.39 is 0 Å². The van der Waals surface area contributed by atoms with Gasteiger partial charge >= 0.3 is 0 Å². The molecule has 3 N–H and O–H groups in total. The van der Waals surface area contributed by atoms with E-state index in [1.54, 1.807) is 0 Å². The highest BCUT2D eigenvalue weighted by atomic mass is 16.5. The molecule has 0 saturated heterocycles.